The van der Waals surface area contributed by atoms with Crippen LogP contribution in [0.3, 0.4) is 0 Å². The van der Waals surface area contributed by atoms with E-state index in [1.807, 2.05) is 24.3 Å². The molecule has 3 unspecified atom stereocenters. The highest BCUT2D eigenvalue weighted by Crippen LogP contribution is 2.40. The van der Waals surface area contributed by atoms with Crippen LogP contribution in [0.2, 0.25) is 0 Å². The van der Waals surface area contributed by atoms with Crippen molar-refractivity contribution in [2.45, 2.75) is 56.5 Å². The monoisotopic (exact) mass is 314 g/mol. The first kappa shape index (κ1) is 15.0. The van der Waals surface area contributed by atoms with Crippen LogP contribution in [0.25, 0.3) is 0 Å². The Hall–Kier alpha value is -1.55. The smallest absolute Gasteiger partial charge is 0.228 e. The molecule has 23 heavy (non-hydrogen) atoms. The molecular weight excluding hydrogens is 288 g/mol. The molecule has 0 saturated heterocycles. The summed E-state index contributed by atoms with van der Waals surface area (Å²) in [5.74, 6) is 2.10. The van der Waals surface area contributed by atoms with E-state index in [0.717, 1.165) is 30.6 Å². The molecule has 2 saturated carbocycles. The van der Waals surface area contributed by atoms with Crippen LogP contribution in [0.15, 0.2) is 24.3 Å². The van der Waals surface area contributed by atoms with E-state index in [1.165, 1.54) is 19.3 Å². The van der Waals surface area contributed by atoms with Crippen LogP contribution in [-0.2, 0) is 4.79 Å². The Kier molecular flexibility index (Phi) is 4.02. The van der Waals surface area contributed by atoms with Gasteiger partial charge in [-0.15, -0.1) is 0 Å². The summed E-state index contributed by atoms with van der Waals surface area (Å²) in [7, 11) is 0. The first-order valence-electron chi connectivity index (χ1n) is 9.00. The Bertz CT molecular complexity index is 574. The number of carbonyl (C=O) groups is 1. The highest BCUT2D eigenvalue weighted by molar-refractivity contribution is 5.85. The average molecular weight is 314 g/mol. The summed E-state index contributed by atoms with van der Waals surface area (Å²) in [6, 6.07) is 8.58. The molecule has 4 heteroatoms. The third-order valence-corrected chi connectivity index (χ3v) is 5.96. The first-order chi connectivity index (χ1) is 11.2. The predicted molar refractivity (Wildman–Crippen MR) is 89.3 cm³/mol. The molecule has 2 aliphatic carbocycles. The summed E-state index contributed by atoms with van der Waals surface area (Å²) >= 11 is 0. The van der Waals surface area contributed by atoms with Gasteiger partial charge in [0.15, 0.2) is 0 Å². The molecule has 3 atom stereocenters. The van der Waals surface area contributed by atoms with Gasteiger partial charge in [-0.05, 0) is 50.0 Å². The fraction of sp³-hybridized carbons (Fsp3) is 0.632. The molecule has 1 heterocycles. The van der Waals surface area contributed by atoms with Crippen molar-refractivity contribution >= 4 is 5.91 Å². The Labute approximate surface area is 137 Å². The standard InChI is InChI=1S/C19H26N2O2/c20-14-10-12-4-3-5-13(11-14)18(12)21-19(22)16-8-9-23-17-7-2-1-6-15(16)17/h1-2,6-7,12-14,16,18H,3-5,8-11,20H2,(H,21,22). The lowest BCUT2D eigenvalue weighted by Gasteiger charge is -2.45. The summed E-state index contributed by atoms with van der Waals surface area (Å²) in [4.78, 5) is 12.9. The minimum atomic E-state index is -0.0729. The lowest BCUT2D eigenvalue weighted by molar-refractivity contribution is -0.125. The first-order valence-corrected chi connectivity index (χ1v) is 9.00. The number of benzene rings is 1. The van der Waals surface area contributed by atoms with Gasteiger partial charge in [0.05, 0.1) is 12.5 Å². The second kappa shape index (κ2) is 6.16. The summed E-state index contributed by atoms with van der Waals surface area (Å²) in [5.41, 5.74) is 7.23. The molecule has 1 amide bonds. The van der Waals surface area contributed by atoms with E-state index in [-0.39, 0.29) is 11.8 Å². The summed E-state index contributed by atoms with van der Waals surface area (Å²) < 4.78 is 5.69. The number of ether oxygens (including phenoxy) is 1. The maximum absolute atomic E-state index is 12.9. The number of amides is 1. The van der Waals surface area contributed by atoms with E-state index in [0.29, 0.717) is 30.5 Å². The van der Waals surface area contributed by atoms with Gasteiger partial charge in [-0.1, -0.05) is 24.6 Å². The maximum atomic E-state index is 12.9. The van der Waals surface area contributed by atoms with Crippen LogP contribution in [0, 0.1) is 11.8 Å². The van der Waals surface area contributed by atoms with E-state index in [9.17, 15) is 4.79 Å². The van der Waals surface area contributed by atoms with Crippen molar-refractivity contribution in [2.24, 2.45) is 17.6 Å². The molecule has 3 aliphatic rings. The van der Waals surface area contributed by atoms with E-state index in [1.54, 1.807) is 0 Å². The summed E-state index contributed by atoms with van der Waals surface area (Å²) in [5, 5.41) is 3.40. The molecule has 1 aromatic carbocycles. The third-order valence-electron chi connectivity index (χ3n) is 5.96. The Morgan fingerprint density at radius 3 is 2.65 bits per heavy atom. The second-order valence-corrected chi connectivity index (χ2v) is 7.44. The minimum Gasteiger partial charge on any atom is -0.493 e. The topological polar surface area (TPSA) is 64.3 Å². The van der Waals surface area contributed by atoms with Crippen molar-refractivity contribution in [2.75, 3.05) is 6.61 Å². The van der Waals surface area contributed by atoms with Crippen molar-refractivity contribution < 1.29 is 9.53 Å². The zero-order valence-electron chi connectivity index (χ0n) is 13.5. The van der Waals surface area contributed by atoms with Gasteiger partial charge in [-0.2, -0.15) is 0 Å². The number of nitrogens with two attached hydrogens (primary N) is 1. The molecule has 0 spiro atoms. The van der Waals surface area contributed by atoms with Gasteiger partial charge in [-0.3, -0.25) is 4.79 Å². The Balaban J connectivity index is 1.50. The molecule has 0 aromatic heterocycles. The Morgan fingerprint density at radius 1 is 1.13 bits per heavy atom. The number of nitrogens with one attached hydrogen (secondary N) is 1. The highest BCUT2D eigenvalue weighted by Gasteiger charge is 2.41. The number of rotatable bonds is 2. The Morgan fingerprint density at radius 2 is 1.87 bits per heavy atom. The lowest BCUT2D eigenvalue weighted by Crippen LogP contribution is -2.54. The highest BCUT2D eigenvalue weighted by atomic mass is 16.5. The second-order valence-electron chi connectivity index (χ2n) is 7.44. The molecular formula is C19H26N2O2. The van der Waals surface area contributed by atoms with Gasteiger partial charge in [0.2, 0.25) is 5.91 Å². The molecule has 1 aromatic rings. The van der Waals surface area contributed by atoms with Gasteiger partial charge in [0.25, 0.3) is 0 Å². The molecule has 2 bridgehead atoms. The summed E-state index contributed by atoms with van der Waals surface area (Å²) in [6.45, 7) is 0.623. The normalized spacial score (nSPS) is 35.8. The number of carbonyl (C=O) groups excluding carboxylic acids is 1. The fourth-order valence-electron chi connectivity index (χ4n) is 4.90. The van der Waals surface area contributed by atoms with Crippen LogP contribution >= 0.6 is 0 Å². The van der Waals surface area contributed by atoms with Gasteiger partial charge in [0.1, 0.15) is 5.75 Å². The zero-order chi connectivity index (χ0) is 15.8. The van der Waals surface area contributed by atoms with Crippen LogP contribution in [0.1, 0.15) is 50.0 Å². The van der Waals surface area contributed by atoms with Crippen molar-refractivity contribution in [3.05, 3.63) is 29.8 Å². The van der Waals surface area contributed by atoms with Crippen molar-refractivity contribution in [3.8, 4) is 5.75 Å². The van der Waals surface area contributed by atoms with Crippen LogP contribution in [0.4, 0.5) is 0 Å². The van der Waals surface area contributed by atoms with Crippen molar-refractivity contribution in [1.29, 1.82) is 0 Å². The molecule has 2 fully saturated rings. The SMILES string of the molecule is NC1CC2CCCC(C1)C2NC(=O)C1CCOc2ccccc21. The van der Waals surface area contributed by atoms with Gasteiger partial charge < -0.3 is 15.8 Å². The van der Waals surface area contributed by atoms with Crippen LogP contribution < -0.4 is 15.8 Å². The average Bonchev–Trinajstić information content (AvgIpc) is 2.55. The van der Waals surface area contributed by atoms with Gasteiger partial charge >= 0.3 is 0 Å². The van der Waals surface area contributed by atoms with Gasteiger partial charge in [-0.25, -0.2) is 0 Å². The van der Waals surface area contributed by atoms with Crippen LogP contribution in [-0.4, -0.2) is 24.6 Å². The fourth-order valence-corrected chi connectivity index (χ4v) is 4.90. The van der Waals surface area contributed by atoms with E-state index in [4.69, 9.17) is 10.5 Å². The zero-order valence-corrected chi connectivity index (χ0v) is 13.5. The van der Waals surface area contributed by atoms with E-state index < -0.39 is 0 Å². The minimum absolute atomic E-state index is 0.0729. The maximum Gasteiger partial charge on any atom is 0.228 e. The molecule has 4 nitrogen and oxygen atoms in total. The summed E-state index contributed by atoms with van der Waals surface area (Å²) in [6.07, 6.45) is 6.59. The number of fused-ring (bicyclic) bond motifs is 3. The van der Waals surface area contributed by atoms with Crippen molar-refractivity contribution in [1.82, 2.24) is 5.32 Å². The number of para-hydroxylation sites is 1. The number of hydrogen-bond donors (Lipinski definition) is 2. The number of hydrogen-bond acceptors (Lipinski definition) is 3. The molecule has 124 valence electrons. The third kappa shape index (κ3) is 2.85. The largest absolute Gasteiger partial charge is 0.493 e. The van der Waals surface area contributed by atoms with E-state index in [2.05, 4.69) is 5.32 Å². The molecule has 4 rings (SSSR count). The van der Waals surface area contributed by atoms with Crippen LogP contribution in [0.5, 0.6) is 5.75 Å². The molecule has 0 radical (unpaired) electrons. The quantitative estimate of drug-likeness (QED) is 0.882. The molecule has 3 N–H and O–H groups in total. The van der Waals surface area contributed by atoms with E-state index >= 15 is 0 Å². The molecule has 1 aliphatic heterocycles. The predicted octanol–water partition coefficient (Wildman–Crippen LogP) is 2.57. The van der Waals surface area contributed by atoms with Gasteiger partial charge in [0, 0.05) is 17.6 Å². The lowest BCUT2D eigenvalue weighted by atomic mass is 9.67. The van der Waals surface area contributed by atoms with Crippen molar-refractivity contribution in [3.63, 3.8) is 0 Å².